The zero-order valence-corrected chi connectivity index (χ0v) is 11.4. The molecule has 3 rings (SSSR count). The van der Waals surface area contributed by atoms with Crippen molar-refractivity contribution in [2.45, 2.75) is 38.8 Å². The highest BCUT2D eigenvalue weighted by Gasteiger charge is 2.33. The smallest absolute Gasteiger partial charge is 0.128 e. The van der Waals surface area contributed by atoms with Gasteiger partial charge in [-0.15, -0.1) is 0 Å². The molecule has 2 aliphatic rings. The van der Waals surface area contributed by atoms with Gasteiger partial charge < -0.3 is 10.2 Å². The third-order valence-corrected chi connectivity index (χ3v) is 4.16. The minimum atomic E-state index is 0.767. The predicted molar refractivity (Wildman–Crippen MR) is 74.6 cm³/mol. The molecule has 2 saturated carbocycles. The lowest BCUT2D eigenvalue weighted by Gasteiger charge is -2.18. The Hall–Kier alpha value is -1.09. The van der Waals surface area contributed by atoms with Crippen LogP contribution in [0.3, 0.4) is 0 Å². The van der Waals surface area contributed by atoms with E-state index < -0.39 is 0 Å². The van der Waals surface area contributed by atoms with Crippen LogP contribution in [0.5, 0.6) is 0 Å². The normalized spacial score (nSPS) is 26.1. The van der Waals surface area contributed by atoms with E-state index in [4.69, 9.17) is 0 Å². The number of nitrogens with zero attached hydrogens (tertiary/aromatic N) is 2. The van der Waals surface area contributed by atoms with Gasteiger partial charge in [0.25, 0.3) is 0 Å². The molecule has 2 fully saturated rings. The Morgan fingerprint density at radius 2 is 2.17 bits per heavy atom. The van der Waals surface area contributed by atoms with E-state index in [-0.39, 0.29) is 0 Å². The molecule has 0 radical (unpaired) electrons. The van der Waals surface area contributed by atoms with Crippen molar-refractivity contribution < 1.29 is 0 Å². The lowest BCUT2D eigenvalue weighted by molar-refractivity contribution is 0.684. The van der Waals surface area contributed by atoms with E-state index in [1.165, 1.54) is 24.8 Å². The van der Waals surface area contributed by atoms with E-state index in [2.05, 4.69) is 41.3 Å². The lowest BCUT2D eigenvalue weighted by atomic mass is 10.2. The maximum Gasteiger partial charge on any atom is 0.128 e. The molecule has 1 aromatic heterocycles. The predicted octanol–water partition coefficient (Wildman–Crippen LogP) is 2.43. The van der Waals surface area contributed by atoms with E-state index >= 15 is 0 Å². The monoisotopic (exact) mass is 245 g/mol. The first-order valence-electron chi connectivity index (χ1n) is 7.12. The van der Waals surface area contributed by atoms with Gasteiger partial charge >= 0.3 is 0 Å². The van der Waals surface area contributed by atoms with Crippen molar-refractivity contribution in [1.29, 1.82) is 0 Å². The van der Waals surface area contributed by atoms with Crippen LogP contribution < -0.4 is 10.2 Å². The molecule has 0 saturated heterocycles. The number of hydrogen-bond acceptors (Lipinski definition) is 3. The van der Waals surface area contributed by atoms with Crippen LogP contribution in [0, 0.1) is 11.8 Å². The van der Waals surface area contributed by atoms with Crippen LogP contribution in [0.15, 0.2) is 18.3 Å². The molecule has 2 atom stereocenters. The van der Waals surface area contributed by atoms with Crippen LogP contribution >= 0.6 is 0 Å². The first kappa shape index (κ1) is 12.0. The van der Waals surface area contributed by atoms with Crippen LogP contribution in [-0.2, 0) is 6.54 Å². The molecule has 2 unspecified atom stereocenters. The van der Waals surface area contributed by atoms with Gasteiger partial charge in [-0.1, -0.05) is 13.0 Å². The Kier molecular flexibility index (Phi) is 3.25. The molecular weight excluding hydrogens is 222 g/mol. The summed E-state index contributed by atoms with van der Waals surface area (Å²) in [5, 5.41) is 3.52. The maximum atomic E-state index is 4.57. The summed E-state index contributed by atoms with van der Waals surface area (Å²) < 4.78 is 0. The molecule has 0 aliphatic heterocycles. The average molecular weight is 245 g/mol. The van der Waals surface area contributed by atoms with Gasteiger partial charge in [0.2, 0.25) is 0 Å². The first-order chi connectivity index (χ1) is 8.72. The number of pyridine rings is 1. The van der Waals surface area contributed by atoms with Gasteiger partial charge in [0.05, 0.1) is 0 Å². The summed E-state index contributed by atoms with van der Waals surface area (Å²) >= 11 is 0. The van der Waals surface area contributed by atoms with Crippen molar-refractivity contribution >= 4 is 5.82 Å². The molecule has 3 heteroatoms. The van der Waals surface area contributed by atoms with Gasteiger partial charge in [-0.25, -0.2) is 4.98 Å². The highest BCUT2D eigenvalue weighted by Crippen LogP contribution is 2.38. The van der Waals surface area contributed by atoms with Crippen LogP contribution in [0.25, 0.3) is 0 Å². The molecule has 0 bridgehead atoms. The van der Waals surface area contributed by atoms with Crippen LogP contribution in [0.2, 0.25) is 0 Å². The Morgan fingerprint density at radius 3 is 2.72 bits per heavy atom. The SMILES string of the molecule is CC1CC1CN(C)c1ccc(CNC2CC2)cn1. The highest BCUT2D eigenvalue weighted by atomic mass is 15.2. The number of nitrogens with one attached hydrogen (secondary N) is 1. The van der Waals surface area contributed by atoms with Gasteiger partial charge in [-0.05, 0) is 42.7 Å². The maximum absolute atomic E-state index is 4.57. The van der Waals surface area contributed by atoms with Crippen molar-refractivity contribution in [2.24, 2.45) is 11.8 Å². The molecule has 1 N–H and O–H groups in total. The van der Waals surface area contributed by atoms with E-state index in [0.29, 0.717) is 0 Å². The molecule has 1 heterocycles. The molecule has 2 aliphatic carbocycles. The second-order valence-corrected chi connectivity index (χ2v) is 6.03. The van der Waals surface area contributed by atoms with E-state index in [0.717, 1.165) is 36.8 Å². The van der Waals surface area contributed by atoms with Gasteiger partial charge in [0.15, 0.2) is 0 Å². The molecule has 1 aromatic rings. The van der Waals surface area contributed by atoms with Crippen molar-refractivity contribution in [3.05, 3.63) is 23.9 Å². The molecule has 98 valence electrons. The van der Waals surface area contributed by atoms with E-state index in [1.54, 1.807) is 0 Å². The van der Waals surface area contributed by atoms with Crippen molar-refractivity contribution in [3.63, 3.8) is 0 Å². The van der Waals surface area contributed by atoms with Gasteiger partial charge in [0, 0.05) is 32.4 Å². The molecule has 0 amide bonds. The fourth-order valence-electron chi connectivity index (χ4n) is 2.40. The summed E-state index contributed by atoms with van der Waals surface area (Å²) in [5.74, 6) is 2.90. The number of aromatic nitrogens is 1. The third kappa shape index (κ3) is 3.02. The summed E-state index contributed by atoms with van der Waals surface area (Å²) in [6.45, 7) is 4.44. The molecule has 0 aromatic carbocycles. The Balaban J connectivity index is 1.52. The molecule has 3 nitrogen and oxygen atoms in total. The van der Waals surface area contributed by atoms with E-state index in [1.807, 2.05) is 6.20 Å². The van der Waals surface area contributed by atoms with Gasteiger partial charge in [0.1, 0.15) is 5.82 Å². The fraction of sp³-hybridized carbons (Fsp3) is 0.667. The van der Waals surface area contributed by atoms with Gasteiger partial charge in [-0.2, -0.15) is 0 Å². The minimum absolute atomic E-state index is 0.767. The van der Waals surface area contributed by atoms with Crippen LogP contribution in [0.1, 0.15) is 31.7 Å². The number of hydrogen-bond donors (Lipinski definition) is 1. The van der Waals surface area contributed by atoms with Crippen LogP contribution in [0.4, 0.5) is 5.82 Å². The quantitative estimate of drug-likeness (QED) is 0.834. The summed E-state index contributed by atoms with van der Waals surface area (Å²) in [6.07, 6.45) is 6.08. The second kappa shape index (κ2) is 4.88. The molecular formula is C15H23N3. The summed E-state index contributed by atoms with van der Waals surface area (Å²) in [6, 6.07) is 5.12. The molecule has 0 spiro atoms. The van der Waals surface area contributed by atoms with Crippen molar-refractivity contribution in [1.82, 2.24) is 10.3 Å². The van der Waals surface area contributed by atoms with Crippen molar-refractivity contribution in [2.75, 3.05) is 18.5 Å². The van der Waals surface area contributed by atoms with Crippen molar-refractivity contribution in [3.8, 4) is 0 Å². The number of rotatable bonds is 6. The topological polar surface area (TPSA) is 28.2 Å². The second-order valence-electron chi connectivity index (χ2n) is 6.03. The van der Waals surface area contributed by atoms with Crippen LogP contribution in [-0.4, -0.2) is 24.6 Å². The lowest BCUT2D eigenvalue weighted by Crippen LogP contribution is -2.22. The Morgan fingerprint density at radius 1 is 1.39 bits per heavy atom. The summed E-state index contributed by atoms with van der Waals surface area (Å²) in [5.41, 5.74) is 1.29. The Bertz CT molecular complexity index is 397. The number of anilines is 1. The largest absolute Gasteiger partial charge is 0.359 e. The fourth-order valence-corrected chi connectivity index (χ4v) is 2.40. The Labute approximate surface area is 110 Å². The van der Waals surface area contributed by atoms with E-state index in [9.17, 15) is 0 Å². The zero-order valence-electron chi connectivity index (χ0n) is 11.4. The summed E-state index contributed by atoms with van der Waals surface area (Å²) in [7, 11) is 2.15. The third-order valence-electron chi connectivity index (χ3n) is 4.16. The highest BCUT2D eigenvalue weighted by molar-refractivity contribution is 5.38. The van der Waals surface area contributed by atoms with Gasteiger partial charge in [-0.3, -0.25) is 0 Å². The minimum Gasteiger partial charge on any atom is -0.359 e. The summed E-state index contributed by atoms with van der Waals surface area (Å²) in [4.78, 5) is 6.85. The zero-order chi connectivity index (χ0) is 12.5. The first-order valence-corrected chi connectivity index (χ1v) is 7.12. The average Bonchev–Trinajstić information content (AvgIpc) is 3.27. The standard InChI is InChI=1S/C15H23N3/c1-11-7-13(11)10-18(2)15-6-3-12(9-17-15)8-16-14-4-5-14/h3,6,9,11,13-14,16H,4-5,7-8,10H2,1-2H3. The molecule has 18 heavy (non-hydrogen) atoms.